The first-order valence-electron chi connectivity index (χ1n) is 5.75. The van der Waals surface area contributed by atoms with Crippen LogP contribution in [0.4, 0.5) is 13.2 Å². The number of rotatable bonds is 4. The minimum atomic E-state index is -4.47. The summed E-state index contributed by atoms with van der Waals surface area (Å²) in [6.45, 7) is 4.85. The van der Waals surface area contributed by atoms with Gasteiger partial charge in [-0.1, -0.05) is 6.07 Å². The van der Waals surface area contributed by atoms with Crippen LogP contribution in [-0.4, -0.2) is 26.2 Å². The summed E-state index contributed by atoms with van der Waals surface area (Å²) in [4.78, 5) is 3.86. The van der Waals surface area contributed by atoms with E-state index in [2.05, 4.69) is 9.71 Å². The normalized spacial score (nSPS) is 16.1. The Hall–Kier alpha value is -0.950. The van der Waals surface area contributed by atoms with Gasteiger partial charge in [0.25, 0.3) is 0 Å². The molecule has 0 aliphatic heterocycles. The van der Waals surface area contributed by atoms with Crippen LogP contribution in [0.3, 0.4) is 0 Å². The van der Waals surface area contributed by atoms with Crippen molar-refractivity contribution in [1.82, 2.24) is 9.71 Å². The zero-order chi connectivity index (χ0) is 14.7. The Labute approximate surface area is 113 Å². The molecule has 1 aromatic heterocycles. The predicted octanol–water partition coefficient (Wildman–Crippen LogP) is 2.61. The maximum absolute atomic E-state index is 12.9. The summed E-state index contributed by atoms with van der Waals surface area (Å²) in [6.07, 6.45) is -3.38. The van der Waals surface area contributed by atoms with Crippen LogP contribution in [0.2, 0.25) is 0 Å². The van der Waals surface area contributed by atoms with Crippen molar-refractivity contribution in [2.75, 3.05) is 0 Å². The molecule has 1 aromatic rings. The average molecular weight is 294 g/mol. The zero-order valence-corrected chi connectivity index (χ0v) is 11.8. The van der Waals surface area contributed by atoms with Gasteiger partial charge in [0.15, 0.2) is 0 Å². The van der Waals surface area contributed by atoms with E-state index in [0.29, 0.717) is 5.69 Å². The van der Waals surface area contributed by atoms with Gasteiger partial charge in [0.05, 0.1) is 15.7 Å². The third-order valence-electron chi connectivity index (χ3n) is 2.34. The lowest BCUT2D eigenvalue weighted by atomic mass is 10.1. The Bertz CT molecular complexity index is 429. The van der Waals surface area contributed by atoms with E-state index < -0.39 is 28.0 Å². The van der Waals surface area contributed by atoms with E-state index in [-0.39, 0.29) is 6.42 Å². The first-order chi connectivity index (χ1) is 8.60. The van der Waals surface area contributed by atoms with Crippen LogP contribution in [0.25, 0.3) is 0 Å². The number of alkyl halides is 3. The highest BCUT2D eigenvalue weighted by atomic mass is 32.2. The molecule has 0 aliphatic rings. The maximum atomic E-state index is 12.9. The van der Waals surface area contributed by atoms with E-state index in [1.165, 1.54) is 12.3 Å². The van der Waals surface area contributed by atoms with Crippen molar-refractivity contribution in [2.24, 2.45) is 0 Å². The third-order valence-corrected chi connectivity index (χ3v) is 3.95. The van der Waals surface area contributed by atoms with E-state index in [4.69, 9.17) is 0 Å². The van der Waals surface area contributed by atoms with Crippen LogP contribution < -0.4 is 4.72 Å². The molecule has 3 nitrogen and oxygen atoms in total. The van der Waals surface area contributed by atoms with Gasteiger partial charge >= 0.3 is 6.18 Å². The van der Waals surface area contributed by atoms with Gasteiger partial charge in [0, 0.05) is 18.3 Å². The number of halogens is 3. The molecule has 0 unspecified atom stereocenters. The lowest BCUT2D eigenvalue weighted by molar-refractivity contribution is -0.150. The summed E-state index contributed by atoms with van der Waals surface area (Å²) in [5, 5.41) is 0. The SMILES string of the molecule is CC(C)(C)[S@](=O)N[C@@H](Cc1ccccn1)C(F)(F)F. The van der Waals surface area contributed by atoms with Crippen LogP contribution in [0.1, 0.15) is 26.5 Å². The molecule has 0 fully saturated rings. The van der Waals surface area contributed by atoms with Gasteiger partial charge in [-0.05, 0) is 32.9 Å². The van der Waals surface area contributed by atoms with Crippen LogP contribution in [0.5, 0.6) is 0 Å². The predicted molar refractivity (Wildman–Crippen MR) is 68.8 cm³/mol. The fourth-order valence-corrected chi connectivity index (χ4v) is 2.09. The average Bonchev–Trinajstić information content (AvgIpc) is 2.27. The van der Waals surface area contributed by atoms with Gasteiger partial charge < -0.3 is 0 Å². The van der Waals surface area contributed by atoms with Crippen LogP contribution in [-0.2, 0) is 17.4 Å². The van der Waals surface area contributed by atoms with Crippen LogP contribution in [0.15, 0.2) is 24.4 Å². The summed E-state index contributed by atoms with van der Waals surface area (Å²) < 4.78 is 52.0. The van der Waals surface area contributed by atoms with Gasteiger partial charge in [0.1, 0.15) is 6.04 Å². The summed E-state index contributed by atoms with van der Waals surface area (Å²) in [5.74, 6) is 0. The molecular weight excluding hydrogens is 277 g/mol. The van der Waals surface area contributed by atoms with E-state index in [1.807, 2.05) is 0 Å². The first kappa shape index (κ1) is 16.1. The standard InChI is InChI=1S/C12H17F3N2OS/c1-11(2,3)19(18)17-10(12(13,14)15)8-9-6-4-5-7-16-9/h4-7,10,17H,8H2,1-3H3/t10-,19-/m0/s1. The van der Waals surface area contributed by atoms with Crippen molar-refractivity contribution in [3.63, 3.8) is 0 Å². The minimum Gasteiger partial charge on any atom is -0.261 e. The second-order valence-corrected chi connectivity index (χ2v) is 7.12. The fourth-order valence-electron chi connectivity index (χ4n) is 1.26. The Balaban J connectivity index is 2.83. The molecule has 19 heavy (non-hydrogen) atoms. The van der Waals surface area contributed by atoms with Crippen molar-refractivity contribution in [2.45, 2.75) is 44.2 Å². The van der Waals surface area contributed by atoms with Gasteiger partial charge in [-0.3, -0.25) is 4.98 Å². The molecule has 0 saturated heterocycles. The zero-order valence-electron chi connectivity index (χ0n) is 11.0. The Morgan fingerprint density at radius 2 is 1.95 bits per heavy atom. The van der Waals surface area contributed by atoms with E-state index in [1.54, 1.807) is 32.9 Å². The molecule has 1 heterocycles. The Morgan fingerprint density at radius 1 is 1.32 bits per heavy atom. The number of aromatic nitrogens is 1. The molecule has 0 radical (unpaired) electrons. The highest BCUT2D eigenvalue weighted by molar-refractivity contribution is 7.84. The molecule has 1 rings (SSSR count). The van der Waals surface area contributed by atoms with Gasteiger partial charge in [-0.15, -0.1) is 0 Å². The van der Waals surface area contributed by atoms with Gasteiger partial charge in [0.2, 0.25) is 0 Å². The molecule has 0 saturated carbocycles. The minimum absolute atomic E-state index is 0.309. The molecule has 2 atom stereocenters. The monoisotopic (exact) mass is 294 g/mol. The number of hydrogen-bond acceptors (Lipinski definition) is 2. The lowest BCUT2D eigenvalue weighted by Crippen LogP contribution is -2.48. The van der Waals surface area contributed by atoms with Crippen molar-refractivity contribution in [1.29, 1.82) is 0 Å². The maximum Gasteiger partial charge on any atom is 0.405 e. The topological polar surface area (TPSA) is 42.0 Å². The smallest absolute Gasteiger partial charge is 0.261 e. The summed E-state index contributed by atoms with van der Waals surface area (Å²) >= 11 is 0. The molecule has 0 aromatic carbocycles. The second kappa shape index (κ2) is 6.00. The van der Waals surface area contributed by atoms with Crippen molar-refractivity contribution >= 4 is 11.0 Å². The Morgan fingerprint density at radius 3 is 2.37 bits per heavy atom. The number of nitrogens with zero attached hydrogens (tertiary/aromatic N) is 1. The highest BCUT2D eigenvalue weighted by Gasteiger charge is 2.42. The van der Waals surface area contributed by atoms with E-state index >= 15 is 0 Å². The molecule has 7 heteroatoms. The number of pyridine rings is 1. The largest absolute Gasteiger partial charge is 0.405 e. The molecule has 1 N–H and O–H groups in total. The summed E-state index contributed by atoms with van der Waals surface area (Å²) in [6, 6.07) is 2.89. The fraction of sp³-hybridized carbons (Fsp3) is 0.583. The second-order valence-electron chi connectivity index (χ2n) is 5.12. The van der Waals surface area contributed by atoms with Crippen molar-refractivity contribution < 1.29 is 17.4 Å². The van der Waals surface area contributed by atoms with Gasteiger partial charge in [-0.25, -0.2) is 8.93 Å². The Kier molecular flexibility index (Phi) is 5.09. The number of nitrogens with one attached hydrogen (secondary N) is 1. The highest BCUT2D eigenvalue weighted by Crippen LogP contribution is 2.24. The molecule has 108 valence electrons. The molecule has 0 aliphatic carbocycles. The van der Waals surface area contributed by atoms with E-state index in [0.717, 1.165) is 0 Å². The summed E-state index contributed by atoms with van der Waals surface area (Å²) in [5.41, 5.74) is 0.309. The first-order valence-corrected chi connectivity index (χ1v) is 6.90. The molecule has 0 amide bonds. The van der Waals surface area contributed by atoms with E-state index in [9.17, 15) is 17.4 Å². The van der Waals surface area contributed by atoms with Crippen LogP contribution >= 0.6 is 0 Å². The van der Waals surface area contributed by atoms with Gasteiger partial charge in [-0.2, -0.15) is 13.2 Å². The lowest BCUT2D eigenvalue weighted by Gasteiger charge is -2.25. The summed E-state index contributed by atoms with van der Waals surface area (Å²) in [7, 11) is -1.79. The third kappa shape index (κ3) is 5.28. The molecular formula is C12H17F3N2OS. The molecule has 0 bridgehead atoms. The molecule has 0 spiro atoms. The van der Waals surface area contributed by atoms with Crippen molar-refractivity contribution in [3.05, 3.63) is 30.1 Å². The number of hydrogen-bond donors (Lipinski definition) is 1. The van der Waals surface area contributed by atoms with Crippen LogP contribution in [0, 0.1) is 0 Å². The van der Waals surface area contributed by atoms with Crippen molar-refractivity contribution in [3.8, 4) is 0 Å². The quantitative estimate of drug-likeness (QED) is 0.927.